The van der Waals surface area contributed by atoms with E-state index in [0.29, 0.717) is 22.5 Å². The van der Waals surface area contributed by atoms with Gasteiger partial charge in [-0.05, 0) is 72.5 Å². The summed E-state index contributed by atoms with van der Waals surface area (Å²) >= 11 is 3.15. The van der Waals surface area contributed by atoms with Crippen LogP contribution in [-0.2, 0) is 28.7 Å². The average molecular weight is 753 g/mol. The van der Waals surface area contributed by atoms with Gasteiger partial charge in [0.15, 0.2) is 11.6 Å². The normalized spacial score (nSPS) is 16.8. The van der Waals surface area contributed by atoms with Gasteiger partial charge in [0.25, 0.3) is 0 Å². The van der Waals surface area contributed by atoms with E-state index in [1.165, 1.54) is 28.1 Å². The maximum absolute atomic E-state index is 12.4. The summed E-state index contributed by atoms with van der Waals surface area (Å²) in [5, 5.41) is 11.8. The molecule has 2 unspecified atom stereocenters. The number of nitrogens with one attached hydrogen (secondary N) is 2. The average Bonchev–Trinajstić information content (AvgIpc) is 3.68. The molecule has 0 fully saturated rings. The summed E-state index contributed by atoms with van der Waals surface area (Å²) in [7, 11) is 2.62. The molecule has 0 amide bonds. The largest absolute Gasteiger partial charge is 0.466 e. The van der Waals surface area contributed by atoms with E-state index in [1.54, 1.807) is 36.5 Å². The topological polar surface area (TPSA) is 163 Å². The molecule has 2 aromatic carbocycles. The van der Waals surface area contributed by atoms with Crippen LogP contribution in [-0.4, -0.2) is 37.7 Å². The summed E-state index contributed by atoms with van der Waals surface area (Å²) in [4.78, 5) is 49.3. The smallest absolute Gasteiger partial charge is 0.338 e. The highest BCUT2D eigenvalue weighted by atomic mass is 35.5. The van der Waals surface area contributed by atoms with Crippen molar-refractivity contribution in [2.75, 3.05) is 14.2 Å². The first-order valence-electron chi connectivity index (χ1n) is 15.0. The van der Waals surface area contributed by atoms with Crippen molar-refractivity contribution in [3.63, 3.8) is 0 Å². The molecular formula is C38H45ClN4O6S2. The Morgan fingerprint density at radius 2 is 0.961 bits per heavy atom. The van der Waals surface area contributed by atoms with E-state index >= 15 is 0 Å². The van der Waals surface area contributed by atoms with E-state index in [4.69, 9.17) is 20.9 Å². The molecule has 0 aliphatic carbocycles. The van der Waals surface area contributed by atoms with Crippen LogP contribution in [0.5, 0.6) is 0 Å². The van der Waals surface area contributed by atoms with E-state index in [-0.39, 0.29) is 61.6 Å². The Labute approximate surface area is 312 Å². The predicted octanol–water partition coefficient (Wildman–Crippen LogP) is 7.28. The van der Waals surface area contributed by atoms with Gasteiger partial charge in [-0.3, -0.25) is 9.59 Å². The number of ether oxygens (including phenoxy) is 2. The fourth-order valence-electron chi connectivity index (χ4n) is 6.38. The first-order valence-corrected chi connectivity index (χ1v) is 16.7. The molecule has 2 atom stereocenters. The highest BCUT2D eigenvalue weighted by Gasteiger charge is 2.38. The molecule has 0 radical (unpaired) electrons. The number of carbonyl (C=O) groups is 4. The number of dihydropyridines is 2. The molecule has 0 spiro atoms. The number of carbonyl (C=O) groups excluding carboxylic acids is 4. The van der Waals surface area contributed by atoms with E-state index in [9.17, 15) is 19.2 Å². The number of ketones is 2. The second kappa shape index (κ2) is 17.3. The summed E-state index contributed by atoms with van der Waals surface area (Å²) in [6, 6.07) is 15.8. The number of thiophene rings is 2. The number of allylic oxidation sites excluding steroid dienone is 4. The summed E-state index contributed by atoms with van der Waals surface area (Å²) in [5.41, 5.74) is 16.9. The van der Waals surface area contributed by atoms with Crippen LogP contribution in [0.2, 0.25) is 0 Å². The number of fused-ring (bicyclic) bond motifs is 2. The number of halogens is 1. The number of esters is 2. The van der Waals surface area contributed by atoms with E-state index in [1.807, 2.05) is 59.3 Å². The standard InChI is InChI=1S/2C18H18N2O3S.2CH4.ClH/c2*1-9-14(10(2)21)15(16(17(19)20-9)18(22)23-3)12-8-24-13-7-5-4-6-11(12)13;;;/h2*4-8,15,20H,19H2,1-3H3;2*1H4;1H. The van der Waals surface area contributed by atoms with Crippen LogP contribution >= 0.6 is 35.1 Å². The van der Waals surface area contributed by atoms with Crippen molar-refractivity contribution in [3.05, 3.63) is 116 Å². The van der Waals surface area contributed by atoms with Gasteiger partial charge in [-0.2, -0.15) is 0 Å². The lowest BCUT2D eigenvalue weighted by atomic mass is 9.80. The molecule has 2 aromatic heterocycles. The lowest BCUT2D eigenvalue weighted by Gasteiger charge is -2.29. The highest BCUT2D eigenvalue weighted by Crippen LogP contribution is 2.44. The minimum absolute atomic E-state index is 0. The maximum atomic E-state index is 12.4. The number of rotatable bonds is 6. The zero-order valence-corrected chi connectivity index (χ0v) is 30.2. The van der Waals surface area contributed by atoms with Gasteiger partial charge < -0.3 is 31.6 Å². The Bertz CT molecular complexity index is 1970. The summed E-state index contributed by atoms with van der Waals surface area (Å²) in [6.45, 7) is 6.58. The molecule has 272 valence electrons. The van der Waals surface area contributed by atoms with Crippen LogP contribution in [0.3, 0.4) is 0 Å². The molecule has 0 saturated carbocycles. The van der Waals surface area contributed by atoms with Gasteiger partial charge in [0.2, 0.25) is 0 Å². The van der Waals surface area contributed by atoms with Crippen LogP contribution in [0, 0.1) is 0 Å². The van der Waals surface area contributed by atoms with Gasteiger partial charge in [-0.1, -0.05) is 51.3 Å². The minimum atomic E-state index is -0.536. The molecule has 0 saturated heterocycles. The molecule has 51 heavy (non-hydrogen) atoms. The van der Waals surface area contributed by atoms with Crippen molar-refractivity contribution in [3.8, 4) is 0 Å². The van der Waals surface area contributed by atoms with Crippen LogP contribution in [0.15, 0.2) is 105 Å². The van der Waals surface area contributed by atoms with Gasteiger partial charge in [0.1, 0.15) is 11.6 Å². The number of nitrogens with two attached hydrogens (primary N) is 2. The SMILES string of the molecule is C.C.COC(=O)C1=C(N)NC(C)=C(C(C)=O)C1c1csc2ccccc12.COC(=O)C1=C(N)NC(C)=C(C(C)=O)C1c1csc2ccccc12.Cl. The molecule has 13 heteroatoms. The Kier molecular flexibility index (Phi) is 14.4. The van der Waals surface area contributed by atoms with E-state index in [2.05, 4.69) is 10.6 Å². The molecule has 6 rings (SSSR count). The lowest BCUT2D eigenvalue weighted by Crippen LogP contribution is -2.35. The van der Waals surface area contributed by atoms with Crippen LogP contribution in [0.1, 0.15) is 65.5 Å². The zero-order chi connectivity index (χ0) is 34.9. The van der Waals surface area contributed by atoms with Crippen LogP contribution < -0.4 is 22.1 Å². The van der Waals surface area contributed by atoms with Gasteiger partial charge in [-0.15, -0.1) is 35.1 Å². The number of methoxy groups -OCH3 is 2. The van der Waals surface area contributed by atoms with Crippen molar-refractivity contribution in [1.82, 2.24) is 10.6 Å². The van der Waals surface area contributed by atoms with Gasteiger partial charge >= 0.3 is 11.9 Å². The number of hydrogen-bond acceptors (Lipinski definition) is 12. The van der Waals surface area contributed by atoms with E-state index in [0.717, 1.165) is 31.3 Å². The van der Waals surface area contributed by atoms with Gasteiger partial charge in [0.05, 0.1) is 37.2 Å². The second-order valence-electron chi connectivity index (χ2n) is 11.3. The van der Waals surface area contributed by atoms with Crippen molar-refractivity contribution < 1.29 is 28.7 Å². The quantitative estimate of drug-likeness (QED) is 0.147. The molecule has 4 heterocycles. The summed E-state index contributed by atoms with van der Waals surface area (Å²) in [6.07, 6.45) is 0. The van der Waals surface area contributed by atoms with Crippen LogP contribution in [0.25, 0.3) is 20.2 Å². The predicted molar refractivity (Wildman–Crippen MR) is 209 cm³/mol. The first kappa shape index (κ1) is 42.3. The Morgan fingerprint density at radius 3 is 1.27 bits per heavy atom. The van der Waals surface area contributed by atoms with Crippen LogP contribution in [0.4, 0.5) is 0 Å². The van der Waals surface area contributed by atoms with Gasteiger partial charge in [-0.25, -0.2) is 9.59 Å². The Hall–Kier alpha value is -4.91. The molecule has 10 nitrogen and oxygen atoms in total. The third kappa shape index (κ3) is 7.88. The number of benzene rings is 2. The second-order valence-corrected chi connectivity index (χ2v) is 13.1. The maximum Gasteiger partial charge on any atom is 0.338 e. The minimum Gasteiger partial charge on any atom is -0.466 e. The first-order chi connectivity index (χ1) is 22.9. The Morgan fingerprint density at radius 1 is 0.627 bits per heavy atom. The molecule has 0 bridgehead atoms. The molecule has 2 aliphatic rings. The number of Topliss-reactive ketones (excluding diaryl/α,β-unsaturated/α-hetero) is 2. The third-order valence-electron chi connectivity index (χ3n) is 8.40. The molecule has 4 aromatic rings. The van der Waals surface area contributed by atoms with Crippen molar-refractivity contribution in [2.45, 2.75) is 54.4 Å². The third-order valence-corrected chi connectivity index (χ3v) is 10.4. The molecular weight excluding hydrogens is 708 g/mol. The fraction of sp³-hybridized carbons (Fsp3) is 0.263. The van der Waals surface area contributed by atoms with Crippen molar-refractivity contribution in [1.29, 1.82) is 0 Å². The number of hydrogen-bond donors (Lipinski definition) is 4. The van der Waals surface area contributed by atoms with E-state index < -0.39 is 23.8 Å². The highest BCUT2D eigenvalue weighted by molar-refractivity contribution is 7.17. The lowest BCUT2D eigenvalue weighted by molar-refractivity contribution is -0.137. The van der Waals surface area contributed by atoms with Gasteiger partial charge in [0, 0.05) is 31.9 Å². The summed E-state index contributed by atoms with van der Waals surface area (Å²) < 4.78 is 12.0. The summed E-state index contributed by atoms with van der Waals surface area (Å²) in [5.74, 6) is -1.89. The monoisotopic (exact) mass is 752 g/mol. The Balaban J connectivity index is 0.000000334. The van der Waals surface area contributed by atoms with Crippen molar-refractivity contribution >= 4 is 78.8 Å². The fourth-order valence-corrected chi connectivity index (χ4v) is 8.36. The molecule has 6 N–H and O–H groups in total. The van der Waals surface area contributed by atoms with Crippen molar-refractivity contribution in [2.24, 2.45) is 11.5 Å². The zero-order valence-electron chi connectivity index (χ0n) is 27.8. The molecule has 2 aliphatic heterocycles.